The Morgan fingerprint density at radius 1 is 1.15 bits per heavy atom. The van der Waals surface area contributed by atoms with Crippen molar-refractivity contribution >= 4 is 17.5 Å². The zero-order chi connectivity index (χ0) is 23.0. The third-order valence-electron chi connectivity index (χ3n) is 5.81. The van der Waals surface area contributed by atoms with E-state index in [2.05, 4.69) is 34.6 Å². The molecule has 2 aromatic carbocycles. The van der Waals surface area contributed by atoms with Gasteiger partial charge in [-0.2, -0.15) is 10.2 Å². The van der Waals surface area contributed by atoms with Crippen molar-refractivity contribution in [2.24, 2.45) is 0 Å². The first-order chi connectivity index (χ1) is 16.1. The Bertz CT molecular complexity index is 1110. The monoisotopic (exact) mass is 444 g/mol. The van der Waals surface area contributed by atoms with Crippen molar-refractivity contribution in [1.82, 2.24) is 15.3 Å². The minimum atomic E-state index is -0.212. The lowest BCUT2D eigenvalue weighted by molar-refractivity contribution is 0.569. The second-order valence-electron chi connectivity index (χ2n) is 8.36. The third-order valence-corrected chi connectivity index (χ3v) is 5.81. The van der Waals surface area contributed by atoms with Crippen LogP contribution in [0.2, 0.25) is 0 Å². The number of aromatic nitrogens is 2. The van der Waals surface area contributed by atoms with E-state index in [0.717, 1.165) is 61.5 Å². The second-order valence-corrected chi connectivity index (χ2v) is 8.36. The van der Waals surface area contributed by atoms with Gasteiger partial charge in [-0.25, -0.2) is 9.37 Å². The van der Waals surface area contributed by atoms with Gasteiger partial charge in [0.25, 0.3) is 0 Å². The van der Waals surface area contributed by atoms with Crippen molar-refractivity contribution in [3.63, 3.8) is 0 Å². The number of hydrogen-bond donors (Lipinski definition) is 2. The maximum absolute atomic E-state index is 13.1. The van der Waals surface area contributed by atoms with Gasteiger partial charge in [-0.1, -0.05) is 31.5 Å². The number of nitriles is 1. The van der Waals surface area contributed by atoms with Gasteiger partial charge in [0.05, 0.1) is 11.6 Å². The molecule has 0 radical (unpaired) electrons. The van der Waals surface area contributed by atoms with Crippen LogP contribution in [0.15, 0.2) is 54.6 Å². The van der Waals surface area contributed by atoms with Gasteiger partial charge in [0.1, 0.15) is 11.6 Å². The van der Waals surface area contributed by atoms with Crippen molar-refractivity contribution in [2.45, 2.75) is 45.2 Å². The maximum atomic E-state index is 13.1. The Labute approximate surface area is 194 Å². The molecule has 0 amide bonds. The number of nitrogens with zero attached hydrogens (tertiary/aromatic N) is 4. The maximum Gasteiger partial charge on any atom is 0.229 e. The molecule has 1 atom stereocenters. The fraction of sp³-hybridized carbons (Fsp3) is 0.346. The molecule has 0 spiro atoms. The molecular weight excluding hydrogens is 415 g/mol. The van der Waals surface area contributed by atoms with Crippen LogP contribution in [0.1, 0.15) is 43.0 Å². The van der Waals surface area contributed by atoms with E-state index >= 15 is 0 Å². The molecule has 1 aromatic heterocycles. The normalized spacial score (nSPS) is 15.4. The molecule has 0 saturated carbocycles. The SMILES string of the molecule is CCCc1cc(N2CCCC2CNCc2ccc(F)cc2)nc(Nc2cccc(C#N)c2)n1. The predicted octanol–water partition coefficient (Wildman–Crippen LogP) is 4.94. The first kappa shape index (κ1) is 22.7. The fourth-order valence-corrected chi connectivity index (χ4v) is 4.20. The Morgan fingerprint density at radius 2 is 2.00 bits per heavy atom. The highest BCUT2D eigenvalue weighted by Crippen LogP contribution is 2.26. The Morgan fingerprint density at radius 3 is 2.79 bits per heavy atom. The first-order valence-corrected chi connectivity index (χ1v) is 11.5. The van der Waals surface area contributed by atoms with Crippen molar-refractivity contribution < 1.29 is 4.39 Å². The van der Waals surface area contributed by atoms with Gasteiger partial charge in [-0.05, 0) is 55.2 Å². The van der Waals surface area contributed by atoms with Gasteiger partial charge in [-0.3, -0.25) is 0 Å². The zero-order valence-electron chi connectivity index (χ0n) is 18.9. The minimum Gasteiger partial charge on any atom is -0.352 e. The molecule has 6 nitrogen and oxygen atoms in total. The van der Waals surface area contributed by atoms with Crippen molar-refractivity contribution in [3.8, 4) is 6.07 Å². The molecule has 170 valence electrons. The smallest absolute Gasteiger partial charge is 0.229 e. The van der Waals surface area contributed by atoms with Crippen molar-refractivity contribution in [3.05, 3.63) is 77.2 Å². The number of anilines is 3. The van der Waals surface area contributed by atoms with E-state index in [1.807, 2.05) is 24.3 Å². The molecule has 1 aliphatic heterocycles. The third kappa shape index (κ3) is 6.05. The second kappa shape index (κ2) is 10.9. The van der Waals surface area contributed by atoms with E-state index in [1.165, 1.54) is 12.1 Å². The highest BCUT2D eigenvalue weighted by molar-refractivity contribution is 5.58. The number of aryl methyl sites for hydroxylation is 1. The summed E-state index contributed by atoms with van der Waals surface area (Å²) in [6, 6.07) is 18.6. The molecular formula is C26H29FN6. The average Bonchev–Trinajstić information content (AvgIpc) is 3.29. The molecule has 1 saturated heterocycles. The lowest BCUT2D eigenvalue weighted by atomic mass is 10.2. The van der Waals surface area contributed by atoms with Crippen LogP contribution in [0.25, 0.3) is 0 Å². The molecule has 33 heavy (non-hydrogen) atoms. The van der Waals surface area contributed by atoms with Crippen LogP contribution in [-0.4, -0.2) is 29.1 Å². The van der Waals surface area contributed by atoms with Gasteiger partial charge < -0.3 is 15.5 Å². The molecule has 2 N–H and O–H groups in total. The van der Waals surface area contributed by atoms with E-state index in [9.17, 15) is 9.65 Å². The van der Waals surface area contributed by atoms with Gasteiger partial charge >= 0.3 is 0 Å². The van der Waals surface area contributed by atoms with E-state index in [-0.39, 0.29) is 5.82 Å². The summed E-state index contributed by atoms with van der Waals surface area (Å²) < 4.78 is 13.1. The zero-order valence-corrected chi connectivity index (χ0v) is 18.9. The van der Waals surface area contributed by atoms with Crippen LogP contribution in [0, 0.1) is 17.1 Å². The quantitative estimate of drug-likeness (QED) is 0.487. The number of rotatable bonds is 9. The number of benzene rings is 2. The van der Waals surface area contributed by atoms with Crippen LogP contribution < -0.4 is 15.5 Å². The highest BCUT2D eigenvalue weighted by atomic mass is 19.1. The van der Waals surface area contributed by atoms with Gasteiger partial charge in [-0.15, -0.1) is 0 Å². The summed E-state index contributed by atoms with van der Waals surface area (Å²) in [6.45, 7) is 4.63. The number of hydrogen-bond acceptors (Lipinski definition) is 6. The minimum absolute atomic E-state index is 0.212. The largest absolute Gasteiger partial charge is 0.352 e. The fourth-order valence-electron chi connectivity index (χ4n) is 4.20. The van der Waals surface area contributed by atoms with E-state index in [4.69, 9.17) is 9.97 Å². The first-order valence-electron chi connectivity index (χ1n) is 11.5. The van der Waals surface area contributed by atoms with Crippen LogP contribution in [0.4, 0.5) is 21.8 Å². The van der Waals surface area contributed by atoms with Crippen LogP contribution in [0.3, 0.4) is 0 Å². The van der Waals surface area contributed by atoms with E-state index in [0.29, 0.717) is 24.1 Å². The summed E-state index contributed by atoms with van der Waals surface area (Å²) in [5, 5.41) is 16.0. The molecule has 1 unspecified atom stereocenters. The summed E-state index contributed by atoms with van der Waals surface area (Å²) in [4.78, 5) is 11.9. The Kier molecular flexibility index (Phi) is 7.48. The van der Waals surface area contributed by atoms with Crippen molar-refractivity contribution in [1.29, 1.82) is 5.26 Å². The van der Waals surface area contributed by atoms with Gasteiger partial charge in [0.2, 0.25) is 5.95 Å². The standard InChI is InChI=1S/C26H29FN6/c1-2-5-22-15-25(32-26(30-22)31-23-7-3-6-20(14-23)16-28)33-13-4-8-24(33)18-29-17-19-9-11-21(27)12-10-19/h3,6-7,9-12,14-15,24,29H,2,4-5,8,13,17-18H2,1H3,(H,30,31,32). The molecule has 1 fully saturated rings. The van der Waals surface area contributed by atoms with Crippen LogP contribution in [0.5, 0.6) is 0 Å². The van der Waals surface area contributed by atoms with E-state index in [1.54, 1.807) is 12.1 Å². The van der Waals surface area contributed by atoms with Gasteiger partial charge in [0.15, 0.2) is 0 Å². The summed E-state index contributed by atoms with van der Waals surface area (Å²) in [6.07, 6.45) is 4.09. The number of nitrogens with one attached hydrogen (secondary N) is 2. The highest BCUT2D eigenvalue weighted by Gasteiger charge is 2.26. The summed E-state index contributed by atoms with van der Waals surface area (Å²) >= 11 is 0. The summed E-state index contributed by atoms with van der Waals surface area (Å²) in [7, 11) is 0. The molecule has 0 aliphatic carbocycles. The predicted molar refractivity (Wildman–Crippen MR) is 129 cm³/mol. The average molecular weight is 445 g/mol. The number of halogens is 1. The molecule has 2 heterocycles. The molecule has 1 aliphatic rings. The van der Waals surface area contributed by atoms with Crippen molar-refractivity contribution in [2.75, 3.05) is 23.3 Å². The Hall–Kier alpha value is -3.50. The van der Waals surface area contributed by atoms with E-state index < -0.39 is 0 Å². The molecule has 3 aromatic rings. The lowest BCUT2D eigenvalue weighted by Gasteiger charge is -2.27. The molecule has 7 heteroatoms. The van der Waals surface area contributed by atoms with Gasteiger partial charge in [0, 0.05) is 43.1 Å². The topological polar surface area (TPSA) is 76.9 Å². The summed E-state index contributed by atoms with van der Waals surface area (Å²) in [5.74, 6) is 1.27. The molecule has 4 rings (SSSR count). The lowest BCUT2D eigenvalue weighted by Crippen LogP contribution is -2.38. The summed E-state index contributed by atoms with van der Waals surface area (Å²) in [5.41, 5.74) is 3.47. The van der Waals surface area contributed by atoms with Crippen LogP contribution in [-0.2, 0) is 13.0 Å². The van der Waals surface area contributed by atoms with Crippen LogP contribution >= 0.6 is 0 Å². The molecule has 0 bridgehead atoms. The Balaban J connectivity index is 1.48.